The molecule has 4 rings (SSSR count). The number of anilines is 1. The van der Waals surface area contributed by atoms with Crippen LogP contribution in [0, 0.1) is 13.8 Å². The van der Waals surface area contributed by atoms with E-state index in [0.29, 0.717) is 0 Å². The maximum atomic E-state index is 5.03. The molecule has 1 aromatic heterocycles. The van der Waals surface area contributed by atoms with Gasteiger partial charge in [-0.05, 0) is 49.7 Å². The summed E-state index contributed by atoms with van der Waals surface area (Å²) in [5.41, 5.74) is 9.15. The van der Waals surface area contributed by atoms with Crippen LogP contribution in [0.4, 0.5) is 5.69 Å². The fraction of sp³-hybridized carbons (Fsp3) is 0.167. The Hall–Kier alpha value is -3.85. The first-order valence-corrected chi connectivity index (χ1v) is 11.4. The van der Waals surface area contributed by atoms with Crippen LogP contribution < -0.4 is 5.32 Å². The molecule has 3 aromatic carbocycles. The maximum absolute atomic E-state index is 5.03. The third-order valence-corrected chi connectivity index (χ3v) is 5.85. The summed E-state index contributed by atoms with van der Waals surface area (Å²) in [5.74, 6) is 0.213. The van der Waals surface area contributed by atoms with Crippen molar-refractivity contribution in [3.8, 4) is 16.9 Å². The normalized spacial score (nSPS) is 11.7. The van der Waals surface area contributed by atoms with Crippen LogP contribution in [0.25, 0.3) is 16.9 Å². The van der Waals surface area contributed by atoms with Crippen LogP contribution in [0.1, 0.15) is 28.3 Å². The van der Waals surface area contributed by atoms with Crippen LogP contribution in [-0.2, 0) is 6.42 Å². The molecular formula is C30H31N3. The first-order valence-electron chi connectivity index (χ1n) is 11.4. The predicted molar refractivity (Wildman–Crippen MR) is 140 cm³/mol. The number of aryl methyl sites for hydroxylation is 2. The number of allylic oxidation sites excluding steroid dienone is 1. The Morgan fingerprint density at radius 3 is 2.33 bits per heavy atom. The highest BCUT2D eigenvalue weighted by Crippen LogP contribution is 2.29. The molecule has 0 aliphatic rings. The van der Waals surface area contributed by atoms with Crippen molar-refractivity contribution in [1.82, 2.24) is 9.78 Å². The molecule has 3 heteroatoms. The highest BCUT2D eigenvalue weighted by molar-refractivity contribution is 5.65. The molecule has 0 aliphatic carbocycles. The van der Waals surface area contributed by atoms with Gasteiger partial charge in [0.15, 0.2) is 0 Å². The number of hydrogen-bond donors (Lipinski definition) is 1. The molecule has 4 aromatic rings. The molecule has 0 spiro atoms. The Labute approximate surface area is 197 Å². The van der Waals surface area contributed by atoms with E-state index in [0.717, 1.165) is 41.3 Å². The second-order valence-electron chi connectivity index (χ2n) is 8.48. The van der Waals surface area contributed by atoms with E-state index in [-0.39, 0.29) is 5.92 Å². The Kier molecular flexibility index (Phi) is 6.89. The summed E-state index contributed by atoms with van der Waals surface area (Å²) in [6.45, 7) is 12.8. The van der Waals surface area contributed by atoms with Crippen LogP contribution in [0.2, 0.25) is 0 Å². The fourth-order valence-corrected chi connectivity index (χ4v) is 4.03. The van der Waals surface area contributed by atoms with Crippen molar-refractivity contribution in [3.05, 3.63) is 127 Å². The monoisotopic (exact) mass is 433 g/mol. The van der Waals surface area contributed by atoms with Gasteiger partial charge < -0.3 is 5.32 Å². The van der Waals surface area contributed by atoms with Crippen LogP contribution in [0.3, 0.4) is 0 Å². The summed E-state index contributed by atoms with van der Waals surface area (Å²) in [6.07, 6.45) is 4.69. The van der Waals surface area contributed by atoms with Gasteiger partial charge in [-0.25, -0.2) is 4.68 Å². The lowest BCUT2D eigenvalue weighted by molar-refractivity contribution is 0.773. The average Bonchev–Trinajstić information content (AvgIpc) is 3.26. The van der Waals surface area contributed by atoms with Crippen molar-refractivity contribution in [1.29, 1.82) is 0 Å². The first-order chi connectivity index (χ1) is 16.1. The summed E-state index contributed by atoms with van der Waals surface area (Å²) in [5, 5.41) is 8.37. The highest BCUT2D eigenvalue weighted by Gasteiger charge is 2.16. The quantitative estimate of drug-likeness (QED) is 0.281. The molecule has 0 fully saturated rings. The third-order valence-electron chi connectivity index (χ3n) is 5.85. The summed E-state index contributed by atoms with van der Waals surface area (Å²) in [6, 6.07) is 27.8. The van der Waals surface area contributed by atoms with Gasteiger partial charge in [-0.3, -0.25) is 0 Å². The Bertz CT molecular complexity index is 1230. The molecule has 0 radical (unpaired) electrons. The Morgan fingerprint density at radius 2 is 1.67 bits per heavy atom. The van der Waals surface area contributed by atoms with Gasteiger partial charge in [0.25, 0.3) is 0 Å². The molecule has 0 bridgehead atoms. The second kappa shape index (κ2) is 10.2. The minimum absolute atomic E-state index is 0.213. The zero-order valence-electron chi connectivity index (χ0n) is 19.5. The van der Waals surface area contributed by atoms with Crippen LogP contribution in [-0.4, -0.2) is 16.3 Å². The van der Waals surface area contributed by atoms with Gasteiger partial charge in [-0.2, -0.15) is 5.10 Å². The van der Waals surface area contributed by atoms with Gasteiger partial charge in [0.1, 0.15) is 0 Å². The largest absolute Gasteiger partial charge is 0.382 e. The van der Waals surface area contributed by atoms with E-state index in [2.05, 4.69) is 116 Å². The van der Waals surface area contributed by atoms with E-state index < -0.39 is 0 Å². The zero-order valence-corrected chi connectivity index (χ0v) is 19.5. The molecule has 1 N–H and O–H groups in total. The SMILES string of the molecule is C=CCNc1ccc(-c2cc(CC(C=C)c3cccc(C)c3)nn2-c2ccc(C)cc2)cc1. The lowest BCUT2D eigenvalue weighted by Crippen LogP contribution is -2.03. The standard InChI is InChI=1S/C30H31N3/c1-5-18-31-27-14-12-25(13-15-27)30-21-28(32-33(30)29-16-10-22(3)11-17-29)20-24(6-2)26-9-7-8-23(4)19-26/h5-17,19,21,24,31H,1-2,18,20H2,3-4H3. The number of benzene rings is 3. The number of rotatable bonds is 9. The van der Waals surface area contributed by atoms with Gasteiger partial charge in [-0.15, -0.1) is 13.2 Å². The Morgan fingerprint density at radius 1 is 0.909 bits per heavy atom. The van der Waals surface area contributed by atoms with Gasteiger partial charge in [-0.1, -0.05) is 71.8 Å². The number of nitrogens with zero attached hydrogens (tertiary/aromatic N) is 2. The van der Waals surface area contributed by atoms with Crippen molar-refractivity contribution in [2.75, 3.05) is 11.9 Å². The molecule has 0 amide bonds. The fourth-order valence-electron chi connectivity index (χ4n) is 4.03. The average molecular weight is 434 g/mol. The van der Waals surface area contributed by atoms with E-state index in [4.69, 9.17) is 5.10 Å². The predicted octanol–water partition coefficient (Wildman–Crippen LogP) is 7.27. The summed E-state index contributed by atoms with van der Waals surface area (Å²) < 4.78 is 2.05. The highest BCUT2D eigenvalue weighted by atomic mass is 15.3. The molecular weight excluding hydrogens is 402 g/mol. The van der Waals surface area contributed by atoms with Crippen molar-refractivity contribution < 1.29 is 0 Å². The molecule has 1 unspecified atom stereocenters. The zero-order chi connectivity index (χ0) is 23.2. The summed E-state index contributed by atoms with van der Waals surface area (Å²) in [4.78, 5) is 0. The number of nitrogens with one attached hydrogen (secondary N) is 1. The lowest BCUT2D eigenvalue weighted by atomic mass is 9.93. The number of hydrogen-bond acceptors (Lipinski definition) is 2. The van der Waals surface area contributed by atoms with Gasteiger partial charge >= 0.3 is 0 Å². The topological polar surface area (TPSA) is 29.9 Å². The molecule has 0 saturated heterocycles. The third kappa shape index (κ3) is 5.32. The van der Waals surface area contributed by atoms with Crippen molar-refractivity contribution >= 4 is 5.69 Å². The van der Waals surface area contributed by atoms with Crippen molar-refractivity contribution in [2.24, 2.45) is 0 Å². The second-order valence-corrected chi connectivity index (χ2v) is 8.48. The van der Waals surface area contributed by atoms with Gasteiger partial charge in [0.2, 0.25) is 0 Å². The molecule has 166 valence electrons. The smallest absolute Gasteiger partial charge is 0.0743 e. The Balaban J connectivity index is 1.71. The van der Waals surface area contributed by atoms with Crippen LogP contribution in [0.5, 0.6) is 0 Å². The van der Waals surface area contributed by atoms with Crippen LogP contribution >= 0.6 is 0 Å². The van der Waals surface area contributed by atoms with E-state index in [9.17, 15) is 0 Å². The molecule has 33 heavy (non-hydrogen) atoms. The minimum atomic E-state index is 0.213. The van der Waals surface area contributed by atoms with E-state index in [1.807, 2.05) is 12.2 Å². The summed E-state index contributed by atoms with van der Waals surface area (Å²) >= 11 is 0. The van der Waals surface area contributed by atoms with E-state index in [1.54, 1.807) is 0 Å². The summed E-state index contributed by atoms with van der Waals surface area (Å²) in [7, 11) is 0. The first kappa shape index (κ1) is 22.3. The molecule has 1 atom stereocenters. The molecule has 1 heterocycles. The molecule has 3 nitrogen and oxygen atoms in total. The lowest BCUT2D eigenvalue weighted by Gasteiger charge is -2.12. The molecule has 0 saturated carbocycles. The molecule has 0 aliphatic heterocycles. The van der Waals surface area contributed by atoms with Crippen molar-refractivity contribution in [3.63, 3.8) is 0 Å². The minimum Gasteiger partial charge on any atom is -0.382 e. The van der Waals surface area contributed by atoms with Crippen LogP contribution in [0.15, 0.2) is 104 Å². The van der Waals surface area contributed by atoms with Crippen molar-refractivity contribution in [2.45, 2.75) is 26.2 Å². The van der Waals surface area contributed by atoms with Gasteiger partial charge in [0, 0.05) is 30.1 Å². The number of aromatic nitrogens is 2. The maximum Gasteiger partial charge on any atom is 0.0743 e. The van der Waals surface area contributed by atoms with E-state index in [1.165, 1.54) is 16.7 Å². The van der Waals surface area contributed by atoms with Gasteiger partial charge in [0.05, 0.1) is 17.1 Å². The van der Waals surface area contributed by atoms with E-state index >= 15 is 0 Å².